The van der Waals surface area contributed by atoms with E-state index >= 15 is 0 Å². The molecule has 0 bridgehead atoms. The van der Waals surface area contributed by atoms with Gasteiger partial charge in [0.05, 0.1) is 19.8 Å². The van der Waals surface area contributed by atoms with Crippen LogP contribution < -0.4 is 4.74 Å². The highest BCUT2D eigenvalue weighted by molar-refractivity contribution is 7.18. The Morgan fingerprint density at radius 3 is 2.07 bits per heavy atom. The average molecular weight is 374 g/mol. The van der Waals surface area contributed by atoms with Crippen LogP contribution in [0.3, 0.4) is 0 Å². The highest BCUT2D eigenvalue weighted by Gasteiger charge is 2.09. The second-order valence-electron chi connectivity index (χ2n) is 6.16. The standard InChI is InChI=1S/C23H18O3S/c1-25-20-9-7-15(8-10-20)21-11-12-22(27-21)18-5-3-17-14-19(23(24)26-2)6-4-16(17)13-18/h3-14H,1-2H3. The van der Waals surface area contributed by atoms with Gasteiger partial charge in [0.25, 0.3) is 0 Å². The van der Waals surface area contributed by atoms with Gasteiger partial charge in [0.1, 0.15) is 5.75 Å². The van der Waals surface area contributed by atoms with Crippen LogP contribution in [-0.2, 0) is 4.74 Å². The first-order chi connectivity index (χ1) is 13.2. The summed E-state index contributed by atoms with van der Waals surface area (Å²) in [5.74, 6) is 0.541. The minimum atomic E-state index is -0.316. The van der Waals surface area contributed by atoms with E-state index in [2.05, 4.69) is 36.4 Å². The summed E-state index contributed by atoms with van der Waals surface area (Å²) in [6, 6.07) is 24.3. The Morgan fingerprint density at radius 2 is 1.37 bits per heavy atom. The fourth-order valence-corrected chi connectivity index (χ4v) is 4.06. The van der Waals surface area contributed by atoms with Gasteiger partial charge in [0.15, 0.2) is 0 Å². The monoisotopic (exact) mass is 374 g/mol. The lowest BCUT2D eigenvalue weighted by Crippen LogP contribution is -2.00. The van der Waals surface area contributed by atoms with Gasteiger partial charge < -0.3 is 9.47 Å². The van der Waals surface area contributed by atoms with Crippen LogP contribution in [0.4, 0.5) is 0 Å². The third-order valence-corrected chi connectivity index (χ3v) is 5.71. The molecule has 4 aromatic rings. The van der Waals surface area contributed by atoms with Gasteiger partial charge in [-0.1, -0.05) is 18.2 Å². The van der Waals surface area contributed by atoms with Gasteiger partial charge in [-0.05, 0) is 76.5 Å². The van der Waals surface area contributed by atoms with Gasteiger partial charge in [0.2, 0.25) is 0 Å². The van der Waals surface area contributed by atoms with E-state index in [-0.39, 0.29) is 5.97 Å². The lowest BCUT2D eigenvalue weighted by molar-refractivity contribution is 0.0601. The van der Waals surface area contributed by atoms with Crippen LogP contribution in [0.15, 0.2) is 72.8 Å². The predicted molar refractivity (Wildman–Crippen MR) is 111 cm³/mol. The Hall–Kier alpha value is -3.11. The van der Waals surface area contributed by atoms with Crippen molar-refractivity contribution < 1.29 is 14.3 Å². The predicted octanol–water partition coefficient (Wildman–Crippen LogP) is 6.03. The molecule has 0 saturated heterocycles. The molecule has 0 unspecified atom stereocenters. The normalized spacial score (nSPS) is 10.7. The van der Waals surface area contributed by atoms with Crippen molar-refractivity contribution in [2.75, 3.05) is 14.2 Å². The Labute approximate surface area is 161 Å². The van der Waals surface area contributed by atoms with E-state index in [1.54, 1.807) is 24.5 Å². The van der Waals surface area contributed by atoms with E-state index in [9.17, 15) is 4.79 Å². The Kier molecular flexibility index (Phi) is 4.65. The molecule has 27 heavy (non-hydrogen) atoms. The van der Waals surface area contributed by atoms with Gasteiger partial charge in [-0.15, -0.1) is 11.3 Å². The SMILES string of the molecule is COC(=O)c1ccc2cc(-c3ccc(-c4ccc(OC)cc4)s3)ccc2c1. The Bertz CT molecular complexity index is 1110. The minimum Gasteiger partial charge on any atom is -0.497 e. The summed E-state index contributed by atoms with van der Waals surface area (Å²) in [7, 11) is 3.07. The molecule has 0 saturated carbocycles. The lowest BCUT2D eigenvalue weighted by Gasteiger charge is -2.05. The molecule has 0 amide bonds. The molecule has 0 spiro atoms. The number of fused-ring (bicyclic) bond motifs is 1. The van der Waals surface area contributed by atoms with Crippen molar-refractivity contribution in [3.63, 3.8) is 0 Å². The van der Waals surface area contributed by atoms with Gasteiger partial charge in [-0.25, -0.2) is 4.79 Å². The zero-order valence-electron chi connectivity index (χ0n) is 15.1. The number of benzene rings is 3. The number of hydrogen-bond acceptors (Lipinski definition) is 4. The Morgan fingerprint density at radius 1 is 0.741 bits per heavy atom. The molecule has 0 atom stereocenters. The molecule has 134 valence electrons. The molecule has 0 aliphatic rings. The minimum absolute atomic E-state index is 0.316. The highest BCUT2D eigenvalue weighted by atomic mass is 32.1. The molecular weight excluding hydrogens is 356 g/mol. The lowest BCUT2D eigenvalue weighted by atomic mass is 10.0. The second-order valence-corrected chi connectivity index (χ2v) is 7.24. The number of methoxy groups -OCH3 is 2. The number of carbonyl (C=O) groups excluding carboxylic acids is 1. The quantitative estimate of drug-likeness (QED) is 0.409. The molecule has 0 N–H and O–H groups in total. The van der Waals surface area contributed by atoms with E-state index in [1.165, 1.54) is 22.4 Å². The first kappa shape index (κ1) is 17.3. The molecule has 0 aliphatic carbocycles. The number of thiophene rings is 1. The molecule has 1 aromatic heterocycles. The largest absolute Gasteiger partial charge is 0.497 e. The fourth-order valence-electron chi connectivity index (χ4n) is 3.05. The molecule has 0 aliphatic heterocycles. The molecule has 4 heteroatoms. The van der Waals surface area contributed by atoms with E-state index in [0.717, 1.165) is 22.1 Å². The van der Waals surface area contributed by atoms with Crippen LogP contribution in [0, 0.1) is 0 Å². The number of ether oxygens (including phenoxy) is 2. The van der Waals surface area contributed by atoms with Gasteiger partial charge in [-0.3, -0.25) is 0 Å². The Balaban J connectivity index is 1.66. The molecule has 3 nitrogen and oxygen atoms in total. The van der Waals surface area contributed by atoms with E-state index in [1.807, 2.05) is 30.3 Å². The van der Waals surface area contributed by atoms with Crippen molar-refractivity contribution in [1.29, 1.82) is 0 Å². The molecule has 3 aromatic carbocycles. The fraction of sp³-hybridized carbons (Fsp3) is 0.0870. The smallest absolute Gasteiger partial charge is 0.337 e. The van der Waals surface area contributed by atoms with Gasteiger partial charge >= 0.3 is 5.97 Å². The molecule has 0 radical (unpaired) electrons. The van der Waals surface area contributed by atoms with Crippen LogP contribution in [0.5, 0.6) is 5.75 Å². The van der Waals surface area contributed by atoms with E-state index in [0.29, 0.717) is 5.56 Å². The first-order valence-electron chi connectivity index (χ1n) is 8.55. The van der Waals surface area contributed by atoms with E-state index < -0.39 is 0 Å². The number of rotatable bonds is 4. The van der Waals surface area contributed by atoms with Crippen molar-refractivity contribution in [2.45, 2.75) is 0 Å². The van der Waals surface area contributed by atoms with Crippen LogP contribution in [0.25, 0.3) is 31.7 Å². The first-order valence-corrected chi connectivity index (χ1v) is 9.36. The van der Waals surface area contributed by atoms with Crippen LogP contribution in [0.1, 0.15) is 10.4 Å². The number of carbonyl (C=O) groups is 1. The molecule has 0 fully saturated rings. The van der Waals surface area contributed by atoms with Crippen molar-refractivity contribution in [2.24, 2.45) is 0 Å². The van der Waals surface area contributed by atoms with Crippen LogP contribution >= 0.6 is 11.3 Å². The van der Waals surface area contributed by atoms with Crippen molar-refractivity contribution in [1.82, 2.24) is 0 Å². The van der Waals surface area contributed by atoms with Crippen LogP contribution in [-0.4, -0.2) is 20.2 Å². The van der Waals surface area contributed by atoms with Gasteiger partial charge in [-0.2, -0.15) is 0 Å². The number of esters is 1. The maximum absolute atomic E-state index is 11.7. The summed E-state index contributed by atoms with van der Waals surface area (Å²) < 4.78 is 10.0. The highest BCUT2D eigenvalue weighted by Crippen LogP contribution is 2.36. The summed E-state index contributed by atoms with van der Waals surface area (Å²) in [6.07, 6.45) is 0. The summed E-state index contributed by atoms with van der Waals surface area (Å²) in [5.41, 5.74) is 2.91. The van der Waals surface area contributed by atoms with Crippen molar-refractivity contribution >= 4 is 28.1 Å². The second kappa shape index (κ2) is 7.25. The third-order valence-electron chi connectivity index (χ3n) is 4.53. The summed E-state index contributed by atoms with van der Waals surface area (Å²) >= 11 is 1.76. The molecule has 1 heterocycles. The summed E-state index contributed by atoms with van der Waals surface area (Å²) in [4.78, 5) is 14.1. The molecule has 4 rings (SSSR count). The number of hydrogen-bond donors (Lipinski definition) is 0. The van der Waals surface area contributed by atoms with Gasteiger partial charge in [0, 0.05) is 9.75 Å². The summed E-state index contributed by atoms with van der Waals surface area (Å²) in [6.45, 7) is 0. The summed E-state index contributed by atoms with van der Waals surface area (Å²) in [5, 5.41) is 2.12. The van der Waals surface area contributed by atoms with Crippen molar-refractivity contribution in [3.05, 3.63) is 78.4 Å². The van der Waals surface area contributed by atoms with Crippen molar-refractivity contribution in [3.8, 4) is 26.6 Å². The van der Waals surface area contributed by atoms with Crippen LogP contribution in [0.2, 0.25) is 0 Å². The van der Waals surface area contributed by atoms with E-state index in [4.69, 9.17) is 9.47 Å². The topological polar surface area (TPSA) is 35.5 Å². The maximum atomic E-state index is 11.7. The third kappa shape index (κ3) is 3.44. The zero-order valence-corrected chi connectivity index (χ0v) is 15.9. The molecular formula is C23H18O3S. The zero-order chi connectivity index (χ0) is 18.8. The maximum Gasteiger partial charge on any atom is 0.337 e. The average Bonchev–Trinajstić information content (AvgIpc) is 3.22.